The summed E-state index contributed by atoms with van der Waals surface area (Å²) < 4.78 is 1.70. The fraction of sp³-hybridized carbons (Fsp3) is 0.429. The number of hydrogen-bond donors (Lipinski definition) is 1. The minimum Gasteiger partial charge on any atom is -0.349 e. The van der Waals surface area contributed by atoms with Crippen LogP contribution < -0.4 is 5.32 Å². The molecule has 7 heteroatoms. The molecule has 0 fully saturated rings. The first-order valence-electron chi connectivity index (χ1n) is 9.54. The predicted molar refractivity (Wildman–Crippen MR) is 113 cm³/mol. The summed E-state index contributed by atoms with van der Waals surface area (Å²) in [7, 11) is 0. The molecule has 0 spiro atoms. The van der Waals surface area contributed by atoms with Crippen molar-refractivity contribution in [2.75, 3.05) is 5.75 Å². The molecule has 1 atom stereocenters. The highest BCUT2D eigenvalue weighted by Crippen LogP contribution is 2.18. The number of amides is 1. The zero-order chi connectivity index (χ0) is 20.3. The van der Waals surface area contributed by atoms with E-state index in [1.54, 1.807) is 4.52 Å². The van der Waals surface area contributed by atoms with Gasteiger partial charge in [0.15, 0.2) is 0 Å². The van der Waals surface area contributed by atoms with Crippen molar-refractivity contribution in [3.63, 3.8) is 0 Å². The maximum Gasteiger partial charge on any atom is 0.253 e. The number of carbonyl (C=O) groups is 1. The second-order valence-electron chi connectivity index (χ2n) is 7.56. The molecule has 0 radical (unpaired) electrons. The van der Waals surface area contributed by atoms with E-state index in [0.29, 0.717) is 16.9 Å². The molecule has 148 valence electrons. The monoisotopic (exact) mass is 397 g/mol. The average molecular weight is 398 g/mol. The van der Waals surface area contributed by atoms with Crippen LogP contribution in [0.25, 0.3) is 5.78 Å². The van der Waals surface area contributed by atoms with Gasteiger partial charge in [0.1, 0.15) is 0 Å². The van der Waals surface area contributed by atoms with Crippen LogP contribution in [0.15, 0.2) is 35.5 Å². The van der Waals surface area contributed by atoms with Crippen LogP contribution in [0.1, 0.15) is 49.3 Å². The van der Waals surface area contributed by atoms with Crippen molar-refractivity contribution in [1.29, 1.82) is 0 Å². The van der Waals surface area contributed by atoms with Gasteiger partial charge in [-0.15, -0.1) is 5.10 Å². The predicted octanol–water partition coefficient (Wildman–Crippen LogP) is 3.91. The number of fused-ring (bicyclic) bond motifs is 1. The molecule has 1 N–H and O–H groups in total. The number of hydrogen-bond acceptors (Lipinski definition) is 5. The summed E-state index contributed by atoms with van der Waals surface area (Å²) in [5.41, 5.74) is 4.30. The summed E-state index contributed by atoms with van der Waals surface area (Å²) >= 11 is 1.32. The average Bonchev–Trinajstić information content (AvgIpc) is 3.03. The summed E-state index contributed by atoms with van der Waals surface area (Å²) in [4.78, 5) is 21.1. The van der Waals surface area contributed by atoms with Gasteiger partial charge in [-0.05, 0) is 50.3 Å². The molecular formula is C21H27N5OS. The summed E-state index contributed by atoms with van der Waals surface area (Å²) in [6.45, 7) is 10.3. The van der Waals surface area contributed by atoms with Gasteiger partial charge >= 0.3 is 0 Å². The van der Waals surface area contributed by atoms with E-state index in [2.05, 4.69) is 58.5 Å². The van der Waals surface area contributed by atoms with Crippen LogP contribution in [0.5, 0.6) is 0 Å². The molecule has 6 nitrogen and oxygen atoms in total. The van der Waals surface area contributed by atoms with Gasteiger partial charge in [-0.1, -0.05) is 49.9 Å². The van der Waals surface area contributed by atoms with Crippen molar-refractivity contribution in [2.45, 2.75) is 52.2 Å². The Morgan fingerprint density at radius 2 is 1.86 bits per heavy atom. The van der Waals surface area contributed by atoms with Crippen LogP contribution in [0, 0.1) is 19.8 Å². The third kappa shape index (κ3) is 5.10. The fourth-order valence-electron chi connectivity index (χ4n) is 3.12. The highest BCUT2D eigenvalue weighted by Gasteiger charge is 2.13. The Kier molecular flexibility index (Phi) is 6.34. The lowest BCUT2D eigenvalue weighted by molar-refractivity contribution is -0.119. The second-order valence-corrected chi connectivity index (χ2v) is 8.51. The third-order valence-corrected chi connectivity index (χ3v) is 5.27. The SMILES string of the molecule is Cc1cc(C)n2nc(SCC(=O)NC(C)c3ccc(CC(C)C)cc3)nc2n1. The first-order chi connectivity index (χ1) is 13.3. The summed E-state index contributed by atoms with van der Waals surface area (Å²) in [6.07, 6.45) is 1.07. The van der Waals surface area contributed by atoms with E-state index in [1.165, 1.54) is 17.3 Å². The fourth-order valence-corrected chi connectivity index (χ4v) is 3.75. The Bertz CT molecular complexity index is 965. The Hall–Kier alpha value is -2.41. The van der Waals surface area contributed by atoms with Crippen molar-refractivity contribution in [2.24, 2.45) is 5.92 Å². The Morgan fingerprint density at radius 1 is 1.14 bits per heavy atom. The van der Waals surface area contributed by atoms with E-state index in [9.17, 15) is 4.79 Å². The molecule has 0 aliphatic carbocycles. The molecule has 0 saturated carbocycles. The lowest BCUT2D eigenvalue weighted by atomic mass is 10.00. The van der Waals surface area contributed by atoms with Crippen LogP contribution in [0.4, 0.5) is 0 Å². The van der Waals surface area contributed by atoms with E-state index in [0.717, 1.165) is 23.4 Å². The van der Waals surface area contributed by atoms with Gasteiger partial charge in [-0.2, -0.15) is 4.98 Å². The van der Waals surface area contributed by atoms with Gasteiger partial charge in [0.05, 0.1) is 11.8 Å². The zero-order valence-corrected chi connectivity index (χ0v) is 17.9. The topological polar surface area (TPSA) is 72.2 Å². The number of benzene rings is 1. The molecule has 28 heavy (non-hydrogen) atoms. The maximum atomic E-state index is 12.3. The third-order valence-electron chi connectivity index (χ3n) is 4.43. The molecule has 0 aliphatic heterocycles. The van der Waals surface area contributed by atoms with Crippen LogP contribution in [0.3, 0.4) is 0 Å². The van der Waals surface area contributed by atoms with Crippen molar-refractivity contribution >= 4 is 23.4 Å². The molecule has 1 amide bonds. The van der Waals surface area contributed by atoms with Crippen LogP contribution >= 0.6 is 11.8 Å². The molecule has 2 heterocycles. The van der Waals surface area contributed by atoms with Crippen molar-refractivity contribution < 1.29 is 4.79 Å². The van der Waals surface area contributed by atoms with E-state index in [1.807, 2.05) is 26.8 Å². The van der Waals surface area contributed by atoms with Crippen molar-refractivity contribution in [3.8, 4) is 0 Å². The zero-order valence-electron chi connectivity index (χ0n) is 17.1. The molecule has 3 rings (SSSR count). The Labute approximate surface area is 170 Å². The Balaban J connectivity index is 1.56. The highest BCUT2D eigenvalue weighted by molar-refractivity contribution is 7.99. The van der Waals surface area contributed by atoms with Crippen molar-refractivity contribution in [3.05, 3.63) is 52.8 Å². The number of aryl methyl sites for hydroxylation is 2. The van der Waals surface area contributed by atoms with Gasteiger partial charge in [0, 0.05) is 11.4 Å². The highest BCUT2D eigenvalue weighted by atomic mass is 32.2. The molecule has 2 aromatic heterocycles. The number of aromatic nitrogens is 4. The van der Waals surface area contributed by atoms with Gasteiger partial charge in [-0.25, -0.2) is 9.50 Å². The van der Waals surface area contributed by atoms with E-state index < -0.39 is 0 Å². The quantitative estimate of drug-likeness (QED) is 0.612. The second kappa shape index (κ2) is 8.73. The largest absolute Gasteiger partial charge is 0.349 e. The smallest absolute Gasteiger partial charge is 0.253 e. The number of carbonyl (C=O) groups excluding carboxylic acids is 1. The number of thioether (sulfide) groups is 1. The van der Waals surface area contributed by atoms with Crippen LogP contribution in [0.2, 0.25) is 0 Å². The number of nitrogens with zero attached hydrogens (tertiary/aromatic N) is 4. The van der Waals surface area contributed by atoms with Gasteiger partial charge in [0.25, 0.3) is 5.78 Å². The first kappa shape index (κ1) is 20.3. The Morgan fingerprint density at radius 3 is 2.54 bits per heavy atom. The van der Waals surface area contributed by atoms with E-state index in [-0.39, 0.29) is 17.7 Å². The lowest BCUT2D eigenvalue weighted by Crippen LogP contribution is -2.28. The summed E-state index contributed by atoms with van der Waals surface area (Å²) in [6, 6.07) is 10.4. The molecule has 0 aliphatic rings. The van der Waals surface area contributed by atoms with Gasteiger partial charge in [-0.3, -0.25) is 4.79 Å². The lowest BCUT2D eigenvalue weighted by Gasteiger charge is -2.15. The molecule has 0 bridgehead atoms. The minimum atomic E-state index is -0.0400. The van der Waals surface area contributed by atoms with E-state index in [4.69, 9.17) is 0 Å². The molecule has 1 aromatic carbocycles. The number of rotatable bonds is 7. The van der Waals surface area contributed by atoms with Gasteiger partial charge < -0.3 is 5.32 Å². The van der Waals surface area contributed by atoms with Crippen molar-refractivity contribution in [1.82, 2.24) is 24.9 Å². The first-order valence-corrected chi connectivity index (χ1v) is 10.5. The van der Waals surface area contributed by atoms with Crippen LogP contribution in [-0.4, -0.2) is 31.2 Å². The molecular weight excluding hydrogens is 370 g/mol. The normalized spacial score (nSPS) is 12.5. The minimum absolute atomic E-state index is 0.0384. The molecule has 1 unspecified atom stereocenters. The summed E-state index contributed by atoms with van der Waals surface area (Å²) in [5, 5.41) is 8.02. The molecule has 3 aromatic rings. The van der Waals surface area contributed by atoms with E-state index >= 15 is 0 Å². The molecule has 0 saturated heterocycles. The maximum absolute atomic E-state index is 12.3. The number of nitrogens with one attached hydrogen (secondary N) is 1. The van der Waals surface area contributed by atoms with Gasteiger partial charge in [0.2, 0.25) is 11.1 Å². The van der Waals surface area contributed by atoms with Crippen LogP contribution in [-0.2, 0) is 11.2 Å². The standard InChI is InChI=1S/C21H27N5OS/c1-13(2)10-17-6-8-18(9-7-17)16(5)23-19(27)12-28-21-24-20-22-14(3)11-15(4)26(20)25-21/h6-9,11,13,16H,10,12H2,1-5H3,(H,23,27). The summed E-state index contributed by atoms with van der Waals surface area (Å²) in [5.74, 6) is 1.43.